The number of hydrogen-bond donors (Lipinski definition) is 1. The van der Waals surface area contributed by atoms with Gasteiger partial charge in [0, 0.05) is 25.2 Å². The van der Waals surface area contributed by atoms with Crippen molar-refractivity contribution in [3.63, 3.8) is 0 Å². The summed E-state index contributed by atoms with van der Waals surface area (Å²) in [6.45, 7) is 4.91. The number of halogens is 1. The van der Waals surface area contributed by atoms with Crippen LogP contribution in [0, 0.1) is 0 Å². The molecule has 1 saturated heterocycles. The summed E-state index contributed by atoms with van der Waals surface area (Å²) in [6, 6.07) is 5.90. The molecule has 0 radical (unpaired) electrons. The van der Waals surface area contributed by atoms with E-state index in [9.17, 15) is 4.79 Å². The number of aromatic nitrogens is 3. The van der Waals surface area contributed by atoms with Crippen molar-refractivity contribution in [2.75, 3.05) is 39.5 Å². The number of benzene rings is 1. The third-order valence-electron chi connectivity index (χ3n) is 6.75. The van der Waals surface area contributed by atoms with Crippen molar-refractivity contribution in [1.82, 2.24) is 24.8 Å². The van der Waals surface area contributed by atoms with E-state index < -0.39 is 0 Å². The molecule has 3 aliphatic rings. The van der Waals surface area contributed by atoms with Crippen molar-refractivity contribution in [1.29, 1.82) is 0 Å². The van der Waals surface area contributed by atoms with E-state index in [1.807, 2.05) is 16.7 Å². The highest BCUT2D eigenvalue weighted by Gasteiger charge is 2.29. The Balaban J connectivity index is 1.07. The Kier molecular flexibility index (Phi) is 5.76. The van der Waals surface area contributed by atoms with Crippen LogP contribution in [0.3, 0.4) is 0 Å². The predicted molar refractivity (Wildman–Crippen MR) is 127 cm³/mol. The number of likely N-dealkylation sites (tertiary alicyclic amines) is 1. The molecule has 10 heteroatoms. The van der Waals surface area contributed by atoms with Gasteiger partial charge in [-0.2, -0.15) is 0 Å². The lowest BCUT2D eigenvalue weighted by Crippen LogP contribution is -2.46. The molecule has 1 unspecified atom stereocenters. The van der Waals surface area contributed by atoms with Gasteiger partial charge in [0.05, 0.1) is 34.7 Å². The van der Waals surface area contributed by atoms with Crippen LogP contribution in [0.15, 0.2) is 35.4 Å². The topological polar surface area (TPSA) is 90.7 Å². The Morgan fingerprint density at radius 2 is 1.88 bits per heavy atom. The van der Waals surface area contributed by atoms with Gasteiger partial charge in [0.15, 0.2) is 17.2 Å². The minimum atomic E-state index is -0.118. The molecule has 1 N–H and O–H groups in total. The van der Waals surface area contributed by atoms with Crippen LogP contribution >= 0.6 is 11.6 Å². The molecule has 0 amide bonds. The predicted octanol–water partition coefficient (Wildman–Crippen LogP) is 2.40. The fourth-order valence-corrected chi connectivity index (χ4v) is 5.22. The van der Waals surface area contributed by atoms with E-state index in [1.165, 1.54) is 6.20 Å². The van der Waals surface area contributed by atoms with Crippen LogP contribution in [0.5, 0.6) is 17.2 Å². The van der Waals surface area contributed by atoms with Crippen molar-refractivity contribution < 1.29 is 14.2 Å². The van der Waals surface area contributed by atoms with Crippen LogP contribution in [0.1, 0.15) is 24.6 Å². The Morgan fingerprint density at radius 1 is 1.06 bits per heavy atom. The van der Waals surface area contributed by atoms with Crippen LogP contribution in [-0.2, 0) is 6.54 Å². The Labute approximate surface area is 201 Å². The lowest BCUT2D eigenvalue weighted by atomic mass is 10.0. The van der Waals surface area contributed by atoms with Gasteiger partial charge in [-0.15, -0.1) is 0 Å². The number of hydrogen-bond acceptors (Lipinski definition) is 8. The summed E-state index contributed by atoms with van der Waals surface area (Å²) in [5.74, 6) is 2.03. The number of nitrogens with one attached hydrogen (secondary N) is 1. The molecule has 0 aliphatic carbocycles. The van der Waals surface area contributed by atoms with E-state index in [-0.39, 0.29) is 11.6 Å². The first-order valence-electron chi connectivity index (χ1n) is 11.7. The highest BCUT2D eigenvalue weighted by Crippen LogP contribution is 2.36. The van der Waals surface area contributed by atoms with Crippen molar-refractivity contribution >= 4 is 22.6 Å². The third-order valence-corrected chi connectivity index (χ3v) is 7.05. The van der Waals surface area contributed by atoms with Gasteiger partial charge in [-0.05, 0) is 38.1 Å². The minimum Gasteiger partial charge on any atom is -0.488 e. The fraction of sp³-hybridized carbons (Fsp3) is 0.458. The third kappa shape index (κ3) is 4.08. The van der Waals surface area contributed by atoms with Gasteiger partial charge in [0.2, 0.25) is 0 Å². The van der Waals surface area contributed by atoms with Crippen molar-refractivity contribution in [2.24, 2.45) is 0 Å². The maximum Gasteiger partial charge on any atom is 0.270 e. The molecule has 3 aromatic rings. The molecule has 5 heterocycles. The number of piperidine rings is 1. The lowest BCUT2D eigenvalue weighted by Gasteiger charge is -2.36. The maximum atomic E-state index is 12.7. The van der Waals surface area contributed by atoms with Crippen LogP contribution < -0.4 is 25.1 Å². The molecule has 0 saturated carbocycles. The standard InChI is InChI=1S/C24H26ClN5O4/c25-18-1-2-19-23-24(18)34-14-17(30(23)22(31)12-28-19)13-29-5-3-15(4-6-29)26-10-16-9-20-21(11-27-16)33-8-7-32-20/h1-2,9,11-12,15,17,26H,3-8,10,13-14H2. The molecular weight excluding hydrogens is 458 g/mol. The van der Waals surface area contributed by atoms with E-state index in [0.29, 0.717) is 54.4 Å². The van der Waals surface area contributed by atoms with Crippen molar-refractivity contribution in [3.05, 3.63) is 51.7 Å². The summed E-state index contributed by atoms with van der Waals surface area (Å²) in [6.07, 6.45) is 5.19. The summed E-state index contributed by atoms with van der Waals surface area (Å²) in [5, 5.41) is 4.13. The van der Waals surface area contributed by atoms with Gasteiger partial charge in [-0.1, -0.05) is 11.6 Å². The Bertz CT molecular complexity index is 1270. The summed E-state index contributed by atoms with van der Waals surface area (Å²) in [5.41, 5.74) is 2.25. The molecule has 178 valence electrons. The van der Waals surface area contributed by atoms with Crippen molar-refractivity contribution in [3.8, 4) is 17.2 Å². The second kappa shape index (κ2) is 9.05. The monoisotopic (exact) mass is 483 g/mol. The molecular formula is C24H26ClN5O4. The van der Waals surface area contributed by atoms with Crippen LogP contribution in [-0.4, -0.2) is 64.9 Å². The summed E-state index contributed by atoms with van der Waals surface area (Å²) in [7, 11) is 0. The average molecular weight is 484 g/mol. The van der Waals surface area contributed by atoms with E-state index in [0.717, 1.165) is 49.4 Å². The fourth-order valence-electron chi connectivity index (χ4n) is 5.01. The SMILES string of the molecule is O=c1cnc2ccc(Cl)c3c2n1C(CN1CCC(NCc2cc4c(cn2)OCCO4)CC1)CO3. The zero-order chi connectivity index (χ0) is 23.1. The van der Waals surface area contributed by atoms with E-state index in [2.05, 4.69) is 20.2 Å². The number of nitrogens with zero attached hydrogens (tertiary/aromatic N) is 4. The smallest absolute Gasteiger partial charge is 0.270 e. The van der Waals surface area contributed by atoms with Gasteiger partial charge in [-0.25, -0.2) is 4.98 Å². The average Bonchev–Trinajstić information content (AvgIpc) is 2.87. The van der Waals surface area contributed by atoms with Gasteiger partial charge < -0.3 is 24.4 Å². The zero-order valence-corrected chi connectivity index (χ0v) is 19.5. The molecule has 1 fully saturated rings. The number of fused-ring (bicyclic) bond motifs is 1. The molecule has 1 atom stereocenters. The second-order valence-electron chi connectivity index (χ2n) is 8.95. The molecule has 34 heavy (non-hydrogen) atoms. The quantitative estimate of drug-likeness (QED) is 0.591. The van der Waals surface area contributed by atoms with Crippen LogP contribution in [0.2, 0.25) is 5.02 Å². The molecule has 9 nitrogen and oxygen atoms in total. The summed E-state index contributed by atoms with van der Waals surface area (Å²) in [4.78, 5) is 23.9. The van der Waals surface area contributed by atoms with E-state index in [4.69, 9.17) is 25.8 Å². The maximum absolute atomic E-state index is 12.7. The molecule has 3 aliphatic heterocycles. The van der Waals surface area contributed by atoms with E-state index >= 15 is 0 Å². The summed E-state index contributed by atoms with van der Waals surface area (Å²) < 4.78 is 19.0. The highest BCUT2D eigenvalue weighted by atomic mass is 35.5. The lowest BCUT2D eigenvalue weighted by molar-refractivity contribution is 0.139. The Hall–Kier alpha value is -2.88. The molecule has 6 rings (SSSR count). The number of pyridine rings is 1. The van der Waals surface area contributed by atoms with Gasteiger partial charge in [-0.3, -0.25) is 14.3 Å². The number of rotatable bonds is 5. The van der Waals surface area contributed by atoms with Gasteiger partial charge in [0.1, 0.15) is 25.3 Å². The first kappa shape index (κ1) is 21.6. The summed E-state index contributed by atoms with van der Waals surface area (Å²) >= 11 is 6.32. The molecule has 0 bridgehead atoms. The van der Waals surface area contributed by atoms with Crippen LogP contribution in [0.25, 0.3) is 11.0 Å². The van der Waals surface area contributed by atoms with E-state index in [1.54, 1.807) is 12.3 Å². The highest BCUT2D eigenvalue weighted by molar-refractivity contribution is 6.33. The van der Waals surface area contributed by atoms with Crippen LogP contribution in [0.4, 0.5) is 0 Å². The Morgan fingerprint density at radius 3 is 2.74 bits per heavy atom. The molecule has 0 spiro atoms. The van der Waals surface area contributed by atoms with Gasteiger partial charge >= 0.3 is 0 Å². The van der Waals surface area contributed by atoms with Crippen molar-refractivity contribution in [2.45, 2.75) is 31.5 Å². The molecule has 2 aromatic heterocycles. The zero-order valence-electron chi connectivity index (χ0n) is 18.7. The first-order chi connectivity index (χ1) is 16.7. The molecule has 1 aromatic carbocycles. The van der Waals surface area contributed by atoms with Gasteiger partial charge in [0.25, 0.3) is 5.56 Å². The number of ether oxygens (including phenoxy) is 3. The normalized spacial score (nSPS) is 20.3. The second-order valence-corrected chi connectivity index (χ2v) is 9.36. The minimum absolute atomic E-state index is 0.0737. The largest absolute Gasteiger partial charge is 0.488 e. The first-order valence-corrected chi connectivity index (χ1v) is 12.1.